The van der Waals surface area contributed by atoms with Crippen LogP contribution in [0.5, 0.6) is 0 Å². The van der Waals surface area contributed by atoms with Crippen LogP contribution in [0.1, 0.15) is 15.9 Å². The normalized spacial score (nSPS) is 16.1. The molecule has 1 fully saturated rings. The van der Waals surface area contributed by atoms with E-state index < -0.39 is 29.9 Å². The van der Waals surface area contributed by atoms with Crippen LogP contribution in [0, 0.1) is 0 Å². The van der Waals surface area contributed by atoms with Gasteiger partial charge in [0.05, 0.1) is 21.7 Å². The number of carboxylic acids is 1. The first-order valence-electron chi connectivity index (χ1n) is 9.04. The highest BCUT2D eigenvalue weighted by Crippen LogP contribution is 2.24. The second kappa shape index (κ2) is 11.6. The molecule has 0 aromatic heterocycles. The molecule has 0 spiro atoms. The maximum Gasteiger partial charge on any atom is 0.328 e. The number of hydrogen-bond donors (Lipinski definition) is 3. The van der Waals surface area contributed by atoms with Crippen LogP contribution in [0.15, 0.2) is 48.5 Å². The molecule has 0 aliphatic carbocycles. The molecular formula is C20H20Cl3N3O4S. The van der Waals surface area contributed by atoms with Crippen molar-refractivity contribution in [1.29, 1.82) is 0 Å². The Morgan fingerprint density at radius 3 is 2.32 bits per heavy atom. The average Bonchev–Trinajstić information content (AvgIpc) is 3.25. The Balaban J connectivity index is 0.00000341. The summed E-state index contributed by atoms with van der Waals surface area (Å²) in [4.78, 5) is 38.1. The van der Waals surface area contributed by atoms with E-state index in [-0.39, 0.29) is 34.4 Å². The van der Waals surface area contributed by atoms with E-state index in [0.717, 1.165) is 5.01 Å². The number of rotatable bonds is 6. The number of halogens is 3. The predicted octanol–water partition coefficient (Wildman–Crippen LogP) is 3.25. The fourth-order valence-corrected chi connectivity index (χ4v) is 4.52. The lowest BCUT2D eigenvalue weighted by molar-refractivity contribution is -0.153. The Morgan fingerprint density at radius 2 is 1.77 bits per heavy atom. The van der Waals surface area contributed by atoms with E-state index in [4.69, 9.17) is 23.2 Å². The van der Waals surface area contributed by atoms with Crippen molar-refractivity contribution < 1.29 is 19.5 Å². The minimum absolute atomic E-state index is 0. The second-order valence-corrected chi connectivity index (χ2v) is 8.41. The van der Waals surface area contributed by atoms with E-state index in [9.17, 15) is 19.5 Å². The van der Waals surface area contributed by atoms with Crippen molar-refractivity contribution in [2.75, 3.05) is 11.6 Å². The molecule has 3 rings (SSSR count). The molecule has 2 amide bonds. The molecule has 2 aromatic rings. The Bertz CT molecular complexity index is 922. The van der Waals surface area contributed by atoms with E-state index in [1.54, 1.807) is 30.3 Å². The number of nitrogens with zero attached hydrogens (tertiary/aromatic N) is 1. The molecule has 166 valence electrons. The minimum atomic E-state index is -1.32. The molecule has 1 heterocycles. The number of carbonyl (C=O) groups excluding carboxylic acids is 2. The van der Waals surface area contributed by atoms with Gasteiger partial charge in [0.2, 0.25) is 0 Å². The van der Waals surface area contributed by atoms with Gasteiger partial charge in [-0.25, -0.2) is 9.80 Å². The molecule has 1 saturated heterocycles. The first-order chi connectivity index (χ1) is 14.4. The third-order valence-electron chi connectivity index (χ3n) is 4.53. The number of aliphatic carboxylic acids is 1. The van der Waals surface area contributed by atoms with E-state index in [1.165, 1.54) is 23.9 Å². The number of thioether (sulfide) groups is 1. The van der Waals surface area contributed by atoms with Crippen molar-refractivity contribution in [1.82, 2.24) is 15.8 Å². The minimum Gasteiger partial charge on any atom is -0.480 e. The molecular weight excluding hydrogens is 485 g/mol. The lowest BCUT2D eigenvalue weighted by Crippen LogP contribution is -2.60. The number of carbonyl (C=O) groups is 3. The lowest BCUT2D eigenvalue weighted by Gasteiger charge is -2.31. The van der Waals surface area contributed by atoms with Gasteiger partial charge >= 0.3 is 5.97 Å². The van der Waals surface area contributed by atoms with Crippen molar-refractivity contribution >= 4 is 65.2 Å². The molecule has 3 N–H and O–H groups in total. The second-order valence-electron chi connectivity index (χ2n) is 6.56. The Labute approximate surface area is 199 Å². The van der Waals surface area contributed by atoms with Gasteiger partial charge in [0.1, 0.15) is 0 Å². The molecule has 0 saturated carbocycles. The summed E-state index contributed by atoms with van der Waals surface area (Å²) < 4.78 is 0. The molecule has 31 heavy (non-hydrogen) atoms. The summed E-state index contributed by atoms with van der Waals surface area (Å²) in [5.74, 6) is -1.52. The number of hydrazine groups is 1. The summed E-state index contributed by atoms with van der Waals surface area (Å²) in [6, 6.07) is 11.5. The molecule has 2 aromatic carbocycles. The van der Waals surface area contributed by atoms with Crippen molar-refractivity contribution in [3.8, 4) is 0 Å². The number of hydrogen-bond acceptors (Lipinski definition) is 5. The number of carboxylic acid groups (broad SMARTS) is 1. The number of amides is 2. The maximum atomic E-state index is 13.1. The molecule has 7 nitrogen and oxygen atoms in total. The van der Waals surface area contributed by atoms with Crippen molar-refractivity contribution in [2.45, 2.75) is 18.5 Å². The zero-order chi connectivity index (χ0) is 21.7. The van der Waals surface area contributed by atoms with Crippen LogP contribution in [0.25, 0.3) is 0 Å². The van der Waals surface area contributed by atoms with Crippen LogP contribution in [0.4, 0.5) is 0 Å². The monoisotopic (exact) mass is 503 g/mol. The molecule has 0 unspecified atom stereocenters. The van der Waals surface area contributed by atoms with Gasteiger partial charge in [-0.15, -0.1) is 24.2 Å². The van der Waals surface area contributed by atoms with Gasteiger partial charge in [-0.1, -0.05) is 59.6 Å². The van der Waals surface area contributed by atoms with E-state index in [1.807, 2.05) is 6.07 Å². The molecule has 11 heteroatoms. The number of benzene rings is 2. The van der Waals surface area contributed by atoms with Gasteiger partial charge in [0.15, 0.2) is 6.04 Å². The molecule has 2 atom stereocenters. The maximum absolute atomic E-state index is 13.1. The Hall–Kier alpha value is -1.97. The van der Waals surface area contributed by atoms with E-state index in [2.05, 4.69) is 10.7 Å². The quantitative estimate of drug-likeness (QED) is 0.523. The fourth-order valence-electron chi connectivity index (χ4n) is 3.01. The lowest BCUT2D eigenvalue weighted by atomic mass is 10.0. The Morgan fingerprint density at radius 1 is 1.13 bits per heavy atom. The van der Waals surface area contributed by atoms with Crippen LogP contribution in [0.2, 0.25) is 10.0 Å². The highest BCUT2D eigenvalue weighted by molar-refractivity contribution is 7.99. The average molecular weight is 505 g/mol. The zero-order valence-electron chi connectivity index (χ0n) is 16.1. The van der Waals surface area contributed by atoms with Crippen molar-refractivity contribution in [3.63, 3.8) is 0 Å². The molecule has 1 aliphatic heterocycles. The summed E-state index contributed by atoms with van der Waals surface area (Å²) in [5.41, 5.74) is 3.12. The molecule has 1 aliphatic rings. The van der Waals surface area contributed by atoms with Crippen molar-refractivity contribution in [2.24, 2.45) is 0 Å². The summed E-state index contributed by atoms with van der Waals surface area (Å²) in [6.45, 7) is 0. The first-order valence-corrected chi connectivity index (χ1v) is 11.0. The SMILES string of the molecule is Cl.O=C(NN(C(=O)[C@@H]1CSCN1)[C@@H](Cc1ccccc1)C(=O)O)c1c(Cl)cccc1Cl. The van der Waals surface area contributed by atoms with Crippen LogP contribution < -0.4 is 10.7 Å². The van der Waals surface area contributed by atoms with Gasteiger partial charge in [-0.3, -0.25) is 20.3 Å². The van der Waals surface area contributed by atoms with Crippen molar-refractivity contribution in [3.05, 3.63) is 69.7 Å². The summed E-state index contributed by atoms with van der Waals surface area (Å²) in [6.07, 6.45) is 0.0122. The third kappa shape index (κ3) is 6.27. The van der Waals surface area contributed by atoms with Crippen LogP contribution in [0.3, 0.4) is 0 Å². The van der Waals surface area contributed by atoms with Gasteiger partial charge < -0.3 is 5.11 Å². The summed E-state index contributed by atoms with van der Waals surface area (Å²) in [7, 11) is 0. The van der Waals surface area contributed by atoms with Gasteiger partial charge in [-0.2, -0.15) is 0 Å². The van der Waals surface area contributed by atoms with E-state index in [0.29, 0.717) is 17.2 Å². The molecule has 0 bridgehead atoms. The van der Waals surface area contributed by atoms with Gasteiger partial charge in [0, 0.05) is 18.1 Å². The smallest absolute Gasteiger partial charge is 0.328 e. The topological polar surface area (TPSA) is 98.7 Å². The Kier molecular flexibility index (Phi) is 9.46. The third-order valence-corrected chi connectivity index (χ3v) is 6.10. The van der Waals surface area contributed by atoms with Crippen LogP contribution in [-0.4, -0.2) is 51.6 Å². The largest absolute Gasteiger partial charge is 0.480 e. The number of nitrogens with one attached hydrogen (secondary N) is 2. The van der Waals surface area contributed by atoms with Gasteiger partial charge in [-0.05, 0) is 17.7 Å². The van der Waals surface area contributed by atoms with Crippen LogP contribution in [-0.2, 0) is 16.0 Å². The van der Waals surface area contributed by atoms with E-state index >= 15 is 0 Å². The standard InChI is InChI=1S/C20H19Cl2N3O4S.ClH/c21-13-7-4-8-14(22)17(13)18(26)24-25(19(27)15-10-30-11-23-15)16(20(28)29)9-12-5-2-1-3-6-12;/h1-8,15-16,23H,9-11H2,(H,24,26)(H,28,29);1H/t15-,16-;/m0./s1. The summed E-state index contributed by atoms with van der Waals surface area (Å²) >= 11 is 13.7. The highest BCUT2D eigenvalue weighted by Gasteiger charge is 2.37. The zero-order valence-corrected chi connectivity index (χ0v) is 19.2. The first kappa shape index (κ1) is 25.3. The fraction of sp³-hybridized carbons (Fsp3) is 0.250. The predicted molar refractivity (Wildman–Crippen MR) is 124 cm³/mol. The van der Waals surface area contributed by atoms with Crippen LogP contribution >= 0.6 is 47.4 Å². The highest BCUT2D eigenvalue weighted by atomic mass is 35.5. The van der Waals surface area contributed by atoms with Gasteiger partial charge in [0.25, 0.3) is 11.8 Å². The molecule has 0 radical (unpaired) electrons. The summed E-state index contributed by atoms with van der Waals surface area (Å²) in [5, 5.41) is 13.9.